The van der Waals surface area contributed by atoms with E-state index in [0.717, 1.165) is 29.3 Å². The summed E-state index contributed by atoms with van der Waals surface area (Å²) in [4.78, 5) is 31.2. The lowest BCUT2D eigenvalue weighted by molar-refractivity contribution is 0.0204. The van der Waals surface area contributed by atoms with Crippen LogP contribution in [0, 0.1) is 0 Å². The monoisotopic (exact) mass is 557 g/mol. The largest absolute Gasteiger partial charge is 0.478 e. The van der Waals surface area contributed by atoms with Crippen molar-refractivity contribution in [3.05, 3.63) is 95.3 Å². The number of carbonyl (C=O) groups excluding carboxylic acids is 1. The summed E-state index contributed by atoms with van der Waals surface area (Å²) in [5.74, 6) is -0.184. The van der Waals surface area contributed by atoms with E-state index in [2.05, 4.69) is 47.2 Å². The lowest BCUT2D eigenvalue weighted by Crippen LogP contribution is -2.41. The third kappa shape index (κ3) is 6.50. The maximum atomic E-state index is 12.6. The number of hydrogen-bond donors (Lipinski definition) is 1. The summed E-state index contributed by atoms with van der Waals surface area (Å²) in [5.41, 5.74) is 2.79. The molecule has 1 aromatic heterocycles. The van der Waals surface area contributed by atoms with Crippen molar-refractivity contribution in [3.8, 4) is 0 Å². The van der Waals surface area contributed by atoms with Gasteiger partial charge in [0, 0.05) is 31.0 Å². The van der Waals surface area contributed by atoms with Gasteiger partial charge in [0.15, 0.2) is 5.16 Å². The summed E-state index contributed by atoms with van der Waals surface area (Å²) < 4.78 is 7.75. The van der Waals surface area contributed by atoms with Crippen molar-refractivity contribution >= 4 is 34.6 Å². The van der Waals surface area contributed by atoms with Gasteiger partial charge in [-0.3, -0.25) is 0 Å². The third-order valence-electron chi connectivity index (χ3n) is 7.15. The van der Waals surface area contributed by atoms with Crippen molar-refractivity contribution in [1.82, 2.24) is 14.5 Å². The normalized spacial score (nSPS) is 14.4. The van der Waals surface area contributed by atoms with Gasteiger partial charge in [0.2, 0.25) is 0 Å². The first-order valence-electron chi connectivity index (χ1n) is 13.6. The van der Waals surface area contributed by atoms with E-state index in [1.165, 1.54) is 16.3 Å². The number of rotatable bonds is 7. The van der Waals surface area contributed by atoms with Crippen molar-refractivity contribution in [2.24, 2.45) is 0 Å². The van der Waals surface area contributed by atoms with Gasteiger partial charge in [-0.15, -0.1) is 0 Å². The molecule has 0 unspecified atom stereocenters. The Morgan fingerprint density at radius 3 is 2.40 bits per heavy atom. The quantitative estimate of drug-likeness (QED) is 0.242. The minimum atomic E-state index is -0.923. The number of benzene rings is 3. The molecule has 4 aromatic rings. The van der Waals surface area contributed by atoms with E-state index in [9.17, 15) is 14.7 Å². The van der Waals surface area contributed by atoms with E-state index < -0.39 is 11.6 Å². The number of amides is 1. The Kier molecular flexibility index (Phi) is 8.17. The molecule has 1 amide bonds. The molecule has 0 saturated carbocycles. The maximum absolute atomic E-state index is 12.6. The van der Waals surface area contributed by atoms with Crippen molar-refractivity contribution < 1.29 is 19.4 Å². The van der Waals surface area contributed by atoms with Crippen LogP contribution in [0.1, 0.15) is 66.7 Å². The molecule has 8 heteroatoms. The van der Waals surface area contributed by atoms with E-state index in [4.69, 9.17) is 9.72 Å². The van der Waals surface area contributed by atoms with Crippen LogP contribution in [0.2, 0.25) is 0 Å². The highest BCUT2D eigenvalue weighted by molar-refractivity contribution is 7.98. The van der Waals surface area contributed by atoms with Crippen LogP contribution >= 0.6 is 11.8 Å². The number of carbonyl (C=O) groups is 2. The molecule has 0 aliphatic carbocycles. The van der Waals surface area contributed by atoms with E-state index in [1.54, 1.807) is 28.8 Å². The number of hydrogen-bond acceptors (Lipinski definition) is 5. The van der Waals surface area contributed by atoms with Gasteiger partial charge in [-0.1, -0.05) is 72.4 Å². The van der Waals surface area contributed by atoms with Crippen LogP contribution in [0.4, 0.5) is 4.79 Å². The molecule has 1 aliphatic rings. The Morgan fingerprint density at radius 2 is 1.65 bits per heavy atom. The first-order valence-corrected chi connectivity index (χ1v) is 14.6. The summed E-state index contributed by atoms with van der Waals surface area (Å²) in [7, 11) is 0. The first-order chi connectivity index (χ1) is 19.2. The molecule has 1 aliphatic heterocycles. The van der Waals surface area contributed by atoms with Crippen LogP contribution in [0.15, 0.2) is 78.1 Å². The number of nitrogens with zero attached hydrogens (tertiary/aromatic N) is 3. The number of aromatic nitrogens is 2. The topological polar surface area (TPSA) is 84.7 Å². The van der Waals surface area contributed by atoms with Crippen molar-refractivity contribution in [2.45, 2.75) is 62.6 Å². The summed E-state index contributed by atoms with van der Waals surface area (Å²) >= 11 is 1.56. The molecule has 7 nitrogen and oxygen atoms in total. The minimum Gasteiger partial charge on any atom is -0.478 e. The zero-order chi connectivity index (χ0) is 28.3. The molecule has 1 fully saturated rings. The van der Waals surface area contributed by atoms with Gasteiger partial charge >= 0.3 is 12.1 Å². The van der Waals surface area contributed by atoms with Gasteiger partial charge in [0.1, 0.15) is 5.60 Å². The van der Waals surface area contributed by atoms with Crippen molar-refractivity contribution in [2.75, 3.05) is 13.1 Å². The summed E-state index contributed by atoms with van der Waals surface area (Å²) in [6, 6.07) is 21.8. The SMILES string of the molecule is CC(C)(C)OC(=O)N1CCC(c2cn(Cc3cccc4ccccc34)c(SCc3ccccc3C(=O)O)n2)CC1. The average molecular weight is 558 g/mol. The standard InChI is InChI=1S/C32H35N3O4S/c1-32(2,3)39-31(38)34-17-15-23(16-18-34)28-20-35(19-24-12-8-11-22-9-4-6-13-26(22)24)30(33-28)40-21-25-10-5-7-14-27(25)29(36)37/h4-14,20,23H,15-19,21H2,1-3H3,(H,36,37). The first kappa shape index (κ1) is 27.8. The summed E-state index contributed by atoms with van der Waals surface area (Å²) in [6.45, 7) is 7.57. The van der Waals surface area contributed by atoms with Crippen LogP contribution in [0.3, 0.4) is 0 Å². The minimum absolute atomic E-state index is 0.234. The number of ether oxygens (including phenoxy) is 1. The number of thioether (sulfide) groups is 1. The molecule has 2 heterocycles. The lowest BCUT2D eigenvalue weighted by Gasteiger charge is -2.32. The zero-order valence-electron chi connectivity index (χ0n) is 23.2. The van der Waals surface area contributed by atoms with Gasteiger partial charge < -0.3 is 19.3 Å². The lowest BCUT2D eigenvalue weighted by atomic mass is 9.94. The van der Waals surface area contributed by atoms with Gasteiger partial charge in [-0.05, 0) is 61.6 Å². The summed E-state index contributed by atoms with van der Waals surface area (Å²) in [6.07, 6.45) is 3.51. The number of carboxylic acids is 1. The third-order valence-corrected chi connectivity index (χ3v) is 8.19. The highest BCUT2D eigenvalue weighted by Gasteiger charge is 2.29. The van der Waals surface area contributed by atoms with Crippen LogP contribution in [0.5, 0.6) is 0 Å². The second-order valence-electron chi connectivity index (χ2n) is 11.2. The molecule has 3 aromatic carbocycles. The van der Waals surface area contributed by atoms with E-state index in [0.29, 0.717) is 31.0 Å². The predicted octanol–water partition coefficient (Wildman–Crippen LogP) is 7.19. The van der Waals surface area contributed by atoms with E-state index >= 15 is 0 Å². The highest BCUT2D eigenvalue weighted by atomic mass is 32.2. The highest BCUT2D eigenvalue weighted by Crippen LogP contribution is 2.33. The molecular weight excluding hydrogens is 522 g/mol. The number of fused-ring (bicyclic) bond motifs is 1. The van der Waals surface area contributed by atoms with Crippen LogP contribution in [-0.4, -0.2) is 50.3 Å². The van der Waals surface area contributed by atoms with Crippen molar-refractivity contribution in [1.29, 1.82) is 0 Å². The Bertz CT molecular complexity index is 1510. The molecule has 0 atom stereocenters. The van der Waals surface area contributed by atoms with Crippen LogP contribution in [-0.2, 0) is 17.0 Å². The Morgan fingerprint density at radius 1 is 0.975 bits per heavy atom. The molecule has 0 bridgehead atoms. The van der Waals surface area contributed by atoms with Crippen LogP contribution in [0.25, 0.3) is 10.8 Å². The molecule has 0 radical (unpaired) electrons. The fourth-order valence-electron chi connectivity index (χ4n) is 5.14. The fourth-order valence-corrected chi connectivity index (χ4v) is 6.13. The molecule has 5 rings (SSSR count). The Labute approximate surface area is 239 Å². The smallest absolute Gasteiger partial charge is 0.410 e. The molecule has 0 spiro atoms. The molecular formula is C32H35N3O4S. The van der Waals surface area contributed by atoms with Gasteiger partial charge in [-0.2, -0.15) is 0 Å². The maximum Gasteiger partial charge on any atom is 0.410 e. The Balaban J connectivity index is 1.39. The number of imidazole rings is 1. The number of likely N-dealkylation sites (tertiary alicyclic amines) is 1. The summed E-state index contributed by atoms with van der Waals surface area (Å²) in [5, 5.41) is 12.9. The fraction of sp³-hybridized carbons (Fsp3) is 0.344. The number of piperidine rings is 1. The molecule has 1 N–H and O–H groups in total. The molecule has 208 valence electrons. The second kappa shape index (κ2) is 11.8. The molecule has 40 heavy (non-hydrogen) atoms. The van der Waals surface area contributed by atoms with Crippen molar-refractivity contribution in [3.63, 3.8) is 0 Å². The van der Waals surface area contributed by atoms with E-state index in [-0.39, 0.29) is 12.0 Å². The number of carboxylic acid groups (broad SMARTS) is 1. The predicted molar refractivity (Wildman–Crippen MR) is 158 cm³/mol. The van der Waals surface area contributed by atoms with Gasteiger partial charge in [-0.25, -0.2) is 14.6 Å². The van der Waals surface area contributed by atoms with E-state index in [1.807, 2.05) is 39.0 Å². The van der Waals surface area contributed by atoms with Crippen LogP contribution < -0.4 is 0 Å². The van der Waals surface area contributed by atoms with Gasteiger partial charge in [0.25, 0.3) is 0 Å². The number of aromatic carboxylic acids is 1. The Hall–Kier alpha value is -3.78. The average Bonchev–Trinajstić information content (AvgIpc) is 3.34. The zero-order valence-corrected chi connectivity index (χ0v) is 24.0. The second-order valence-corrected chi connectivity index (χ2v) is 12.1. The van der Waals surface area contributed by atoms with Gasteiger partial charge in [0.05, 0.1) is 17.8 Å². The molecule has 1 saturated heterocycles.